The van der Waals surface area contributed by atoms with Gasteiger partial charge in [0.25, 0.3) is 0 Å². The number of ether oxygens (including phenoxy) is 1. The summed E-state index contributed by atoms with van der Waals surface area (Å²) in [5.41, 5.74) is 1.06. The van der Waals surface area contributed by atoms with Crippen molar-refractivity contribution in [2.24, 2.45) is 0 Å². The Bertz CT molecular complexity index is 620. The van der Waals surface area contributed by atoms with E-state index in [0.29, 0.717) is 5.56 Å². The Morgan fingerprint density at radius 3 is 2.80 bits per heavy atom. The van der Waals surface area contributed by atoms with Crippen molar-refractivity contribution in [1.29, 1.82) is 0 Å². The number of hydrogen-bond donors (Lipinski definition) is 0. The van der Waals surface area contributed by atoms with E-state index in [1.807, 2.05) is 0 Å². The Balaban J connectivity index is 2.13. The lowest BCUT2D eigenvalue weighted by molar-refractivity contribution is -0.0498. The molecule has 0 spiro atoms. The molecule has 0 aliphatic rings. The number of nitrogens with zero attached hydrogens (tertiary/aromatic N) is 1. The number of aromatic nitrogens is 1. The quantitative estimate of drug-likeness (QED) is 0.775. The predicted molar refractivity (Wildman–Crippen MR) is 73.0 cm³/mol. The highest BCUT2D eigenvalue weighted by Crippen LogP contribution is 2.18. The van der Waals surface area contributed by atoms with Gasteiger partial charge in [-0.25, -0.2) is 0 Å². The molecule has 0 bridgehead atoms. The zero-order valence-corrected chi connectivity index (χ0v) is 11.8. The molecule has 2 aromatic rings. The molecule has 0 atom stereocenters. The molecule has 0 aliphatic carbocycles. The minimum Gasteiger partial charge on any atom is -0.435 e. The van der Waals surface area contributed by atoms with Gasteiger partial charge >= 0.3 is 6.61 Å². The fraction of sp³-hybridized carbons (Fsp3) is 0.143. The van der Waals surface area contributed by atoms with Gasteiger partial charge in [0.2, 0.25) is 0 Å². The van der Waals surface area contributed by atoms with Gasteiger partial charge in [0.1, 0.15) is 5.75 Å². The second kappa shape index (κ2) is 6.56. The number of hydrogen-bond acceptors (Lipinski definition) is 3. The van der Waals surface area contributed by atoms with Crippen molar-refractivity contribution in [2.75, 3.05) is 0 Å². The summed E-state index contributed by atoms with van der Waals surface area (Å²) in [5, 5.41) is 0. The number of Topliss-reactive ketones (excluding diaryl/α,β-unsaturated/α-hetero) is 1. The third-order valence-corrected chi connectivity index (χ3v) is 2.94. The van der Waals surface area contributed by atoms with Crippen molar-refractivity contribution < 1.29 is 18.3 Å². The molecule has 0 radical (unpaired) electrons. The van der Waals surface area contributed by atoms with Crippen molar-refractivity contribution in [3.63, 3.8) is 0 Å². The average Bonchev–Trinajstić information content (AvgIpc) is 2.38. The van der Waals surface area contributed by atoms with Crippen LogP contribution in [0.3, 0.4) is 0 Å². The largest absolute Gasteiger partial charge is 0.435 e. The van der Waals surface area contributed by atoms with E-state index in [2.05, 4.69) is 25.7 Å². The first-order valence-electron chi connectivity index (χ1n) is 5.72. The molecule has 1 heterocycles. The molecular formula is C14H10BrF2NO2. The van der Waals surface area contributed by atoms with E-state index in [1.54, 1.807) is 24.5 Å². The number of carbonyl (C=O) groups is 1. The Hall–Kier alpha value is -1.82. The lowest BCUT2D eigenvalue weighted by Crippen LogP contribution is -2.06. The maximum Gasteiger partial charge on any atom is 0.387 e. The van der Waals surface area contributed by atoms with E-state index in [-0.39, 0.29) is 18.0 Å². The molecule has 0 amide bonds. The van der Waals surface area contributed by atoms with Crippen LogP contribution in [0.4, 0.5) is 8.78 Å². The number of rotatable bonds is 5. The predicted octanol–water partition coefficient (Wildman–Crippen LogP) is 3.87. The Morgan fingerprint density at radius 2 is 2.10 bits per heavy atom. The van der Waals surface area contributed by atoms with Gasteiger partial charge in [-0.15, -0.1) is 0 Å². The first-order valence-corrected chi connectivity index (χ1v) is 6.51. The zero-order valence-electron chi connectivity index (χ0n) is 10.2. The SMILES string of the molecule is O=C(Cc1cncc(Br)c1)c1cccc(OC(F)F)c1. The maximum absolute atomic E-state index is 12.1. The summed E-state index contributed by atoms with van der Waals surface area (Å²) in [6, 6.07) is 7.53. The summed E-state index contributed by atoms with van der Waals surface area (Å²) >= 11 is 3.27. The number of ketones is 1. The van der Waals surface area contributed by atoms with E-state index in [0.717, 1.165) is 10.0 Å². The monoisotopic (exact) mass is 341 g/mol. The lowest BCUT2D eigenvalue weighted by atomic mass is 10.0. The van der Waals surface area contributed by atoms with Crippen LogP contribution in [0.1, 0.15) is 15.9 Å². The molecule has 0 unspecified atom stereocenters. The van der Waals surface area contributed by atoms with Crippen LogP contribution in [0.25, 0.3) is 0 Å². The summed E-state index contributed by atoms with van der Waals surface area (Å²) < 4.78 is 29.3. The standard InChI is InChI=1S/C14H10BrF2NO2/c15-11-4-9(7-18-8-11)5-13(19)10-2-1-3-12(6-10)20-14(16)17/h1-4,6-8,14H,5H2. The van der Waals surface area contributed by atoms with E-state index >= 15 is 0 Å². The summed E-state index contributed by atoms with van der Waals surface area (Å²) in [4.78, 5) is 16.0. The van der Waals surface area contributed by atoms with Gasteiger partial charge in [-0.3, -0.25) is 9.78 Å². The molecule has 0 saturated carbocycles. The molecule has 0 fully saturated rings. The smallest absolute Gasteiger partial charge is 0.387 e. The van der Waals surface area contributed by atoms with Crippen LogP contribution >= 0.6 is 15.9 Å². The van der Waals surface area contributed by atoms with Crippen molar-refractivity contribution in [3.05, 3.63) is 58.3 Å². The summed E-state index contributed by atoms with van der Waals surface area (Å²) in [7, 11) is 0. The van der Waals surface area contributed by atoms with Crippen molar-refractivity contribution >= 4 is 21.7 Å². The number of carbonyl (C=O) groups excluding carboxylic acids is 1. The van der Waals surface area contributed by atoms with Gasteiger partial charge in [-0.2, -0.15) is 8.78 Å². The molecule has 3 nitrogen and oxygen atoms in total. The fourth-order valence-corrected chi connectivity index (χ4v) is 2.10. The molecule has 0 saturated heterocycles. The number of benzene rings is 1. The number of halogens is 3. The summed E-state index contributed by atoms with van der Waals surface area (Å²) in [6.45, 7) is -2.91. The second-order valence-corrected chi connectivity index (χ2v) is 4.93. The van der Waals surface area contributed by atoms with Gasteiger partial charge in [0.05, 0.1) is 0 Å². The maximum atomic E-state index is 12.1. The third kappa shape index (κ3) is 4.09. The Morgan fingerprint density at radius 1 is 1.30 bits per heavy atom. The van der Waals surface area contributed by atoms with Crippen molar-refractivity contribution in [2.45, 2.75) is 13.0 Å². The van der Waals surface area contributed by atoms with Crippen LogP contribution in [-0.2, 0) is 6.42 Å². The third-order valence-electron chi connectivity index (χ3n) is 2.51. The zero-order chi connectivity index (χ0) is 14.5. The molecule has 1 aromatic heterocycles. The minimum atomic E-state index is -2.91. The first kappa shape index (κ1) is 14.6. The average molecular weight is 342 g/mol. The van der Waals surface area contributed by atoms with Gasteiger partial charge in [0.15, 0.2) is 5.78 Å². The molecule has 104 valence electrons. The van der Waals surface area contributed by atoms with Crippen LogP contribution in [0.15, 0.2) is 47.2 Å². The number of alkyl halides is 2. The van der Waals surface area contributed by atoms with Crippen LogP contribution in [0, 0.1) is 0 Å². The molecule has 2 rings (SSSR count). The normalized spacial score (nSPS) is 10.6. The second-order valence-electron chi connectivity index (χ2n) is 4.02. The number of pyridine rings is 1. The molecule has 0 N–H and O–H groups in total. The fourth-order valence-electron chi connectivity index (χ4n) is 1.69. The van der Waals surface area contributed by atoms with E-state index < -0.39 is 6.61 Å². The molecular weight excluding hydrogens is 332 g/mol. The highest BCUT2D eigenvalue weighted by molar-refractivity contribution is 9.10. The van der Waals surface area contributed by atoms with Gasteiger partial charge in [-0.05, 0) is 39.7 Å². The Kier molecular flexibility index (Phi) is 4.79. The summed E-state index contributed by atoms with van der Waals surface area (Å²) in [6.07, 6.45) is 3.35. The molecule has 1 aromatic carbocycles. The van der Waals surface area contributed by atoms with Gasteiger partial charge < -0.3 is 4.74 Å². The van der Waals surface area contributed by atoms with E-state index in [4.69, 9.17) is 0 Å². The lowest BCUT2D eigenvalue weighted by Gasteiger charge is -2.06. The van der Waals surface area contributed by atoms with Gasteiger partial charge in [0, 0.05) is 28.9 Å². The minimum absolute atomic E-state index is 0.0294. The van der Waals surface area contributed by atoms with E-state index in [1.165, 1.54) is 18.2 Å². The van der Waals surface area contributed by atoms with Crippen LogP contribution in [0.2, 0.25) is 0 Å². The molecule has 20 heavy (non-hydrogen) atoms. The van der Waals surface area contributed by atoms with Crippen molar-refractivity contribution in [3.8, 4) is 5.75 Å². The highest BCUT2D eigenvalue weighted by Gasteiger charge is 2.10. The van der Waals surface area contributed by atoms with E-state index in [9.17, 15) is 13.6 Å². The molecule has 6 heteroatoms. The molecule has 0 aliphatic heterocycles. The van der Waals surface area contributed by atoms with Crippen LogP contribution in [0.5, 0.6) is 5.75 Å². The first-order chi connectivity index (χ1) is 9.54. The highest BCUT2D eigenvalue weighted by atomic mass is 79.9. The van der Waals surface area contributed by atoms with Crippen LogP contribution < -0.4 is 4.74 Å². The Labute approximate surface area is 122 Å². The topological polar surface area (TPSA) is 39.2 Å². The summed E-state index contributed by atoms with van der Waals surface area (Å²) in [5.74, 6) is -0.220. The van der Waals surface area contributed by atoms with Gasteiger partial charge in [-0.1, -0.05) is 12.1 Å². The van der Waals surface area contributed by atoms with Crippen molar-refractivity contribution in [1.82, 2.24) is 4.98 Å². The van der Waals surface area contributed by atoms with Crippen LogP contribution in [-0.4, -0.2) is 17.4 Å².